The lowest BCUT2D eigenvalue weighted by Gasteiger charge is -2.32. The van der Waals surface area contributed by atoms with Gasteiger partial charge in [0.2, 0.25) is 0 Å². The van der Waals surface area contributed by atoms with Crippen molar-refractivity contribution in [1.29, 1.82) is 0 Å². The van der Waals surface area contributed by atoms with Crippen LogP contribution in [0.4, 0.5) is 0 Å². The first kappa shape index (κ1) is 23.6. The SMILES string of the molecule is C/C=C(C)/C=C/C=C(C)/C=C/C1=C(C)CCCC1(C)C.O=S(=O)(O)O. The molecule has 0 aromatic carbocycles. The summed E-state index contributed by atoms with van der Waals surface area (Å²) in [5, 5.41) is 0. The summed E-state index contributed by atoms with van der Waals surface area (Å²) in [6.45, 7) is 13.4. The van der Waals surface area contributed by atoms with E-state index in [1.54, 1.807) is 5.57 Å². The molecule has 0 amide bonds. The zero-order valence-corrected chi connectivity index (χ0v) is 17.0. The van der Waals surface area contributed by atoms with Crippen molar-refractivity contribution >= 4 is 10.4 Å². The van der Waals surface area contributed by atoms with E-state index in [4.69, 9.17) is 17.5 Å². The quantitative estimate of drug-likeness (QED) is 0.479. The van der Waals surface area contributed by atoms with Crippen molar-refractivity contribution in [2.45, 2.75) is 60.8 Å². The molecule has 25 heavy (non-hydrogen) atoms. The molecule has 0 aliphatic heterocycles. The van der Waals surface area contributed by atoms with Crippen LogP contribution in [0.25, 0.3) is 0 Å². The summed E-state index contributed by atoms with van der Waals surface area (Å²) in [5.41, 5.74) is 6.02. The van der Waals surface area contributed by atoms with E-state index < -0.39 is 10.4 Å². The second-order valence-electron chi connectivity index (χ2n) is 7.02. The van der Waals surface area contributed by atoms with E-state index in [9.17, 15) is 0 Å². The maximum absolute atomic E-state index is 8.74. The second kappa shape index (κ2) is 10.5. The fourth-order valence-corrected chi connectivity index (χ4v) is 2.73. The third kappa shape index (κ3) is 11.7. The van der Waals surface area contributed by atoms with Gasteiger partial charge in [0.05, 0.1) is 0 Å². The van der Waals surface area contributed by atoms with Gasteiger partial charge in [-0.05, 0) is 57.9 Å². The van der Waals surface area contributed by atoms with Gasteiger partial charge in [0.15, 0.2) is 0 Å². The maximum atomic E-state index is 8.74. The Labute approximate surface area is 153 Å². The van der Waals surface area contributed by atoms with E-state index in [1.807, 2.05) is 0 Å². The van der Waals surface area contributed by atoms with Crippen LogP contribution in [0.1, 0.15) is 60.8 Å². The van der Waals surface area contributed by atoms with Crippen molar-refractivity contribution in [3.05, 3.63) is 58.7 Å². The minimum absolute atomic E-state index is 0.330. The molecule has 0 fully saturated rings. The van der Waals surface area contributed by atoms with Crippen LogP contribution in [-0.2, 0) is 10.4 Å². The predicted molar refractivity (Wildman–Crippen MR) is 106 cm³/mol. The second-order valence-corrected chi connectivity index (χ2v) is 7.91. The van der Waals surface area contributed by atoms with Crippen LogP contribution in [-0.4, -0.2) is 17.5 Å². The molecule has 5 heteroatoms. The average molecular weight is 369 g/mol. The van der Waals surface area contributed by atoms with Gasteiger partial charge in [-0.1, -0.05) is 67.0 Å². The molecule has 0 heterocycles. The Kier molecular flexibility index (Phi) is 9.93. The summed E-state index contributed by atoms with van der Waals surface area (Å²) in [4.78, 5) is 0. The average Bonchev–Trinajstić information content (AvgIpc) is 2.44. The zero-order chi connectivity index (χ0) is 19.7. The summed E-state index contributed by atoms with van der Waals surface area (Å²) >= 11 is 0. The van der Waals surface area contributed by atoms with E-state index in [-0.39, 0.29) is 0 Å². The molecule has 1 aliphatic carbocycles. The van der Waals surface area contributed by atoms with E-state index >= 15 is 0 Å². The van der Waals surface area contributed by atoms with Crippen LogP contribution in [0.15, 0.2) is 58.7 Å². The molecule has 0 aromatic rings. The van der Waals surface area contributed by atoms with Crippen LogP contribution >= 0.6 is 0 Å². The van der Waals surface area contributed by atoms with Crippen molar-refractivity contribution in [2.75, 3.05) is 0 Å². The van der Waals surface area contributed by atoms with Gasteiger partial charge < -0.3 is 0 Å². The van der Waals surface area contributed by atoms with Crippen LogP contribution in [0.2, 0.25) is 0 Å². The molecule has 0 saturated carbocycles. The van der Waals surface area contributed by atoms with Gasteiger partial charge >= 0.3 is 10.4 Å². The molecule has 1 rings (SSSR count). The molecule has 0 radical (unpaired) electrons. The molecule has 0 atom stereocenters. The van der Waals surface area contributed by atoms with Gasteiger partial charge in [0.1, 0.15) is 0 Å². The van der Waals surface area contributed by atoms with Crippen LogP contribution in [0, 0.1) is 5.41 Å². The molecule has 0 unspecified atom stereocenters. The highest BCUT2D eigenvalue weighted by Gasteiger charge is 2.26. The predicted octanol–water partition coefficient (Wildman–Crippen LogP) is 5.89. The summed E-state index contributed by atoms with van der Waals surface area (Å²) < 4.78 is 31.6. The van der Waals surface area contributed by atoms with Crippen LogP contribution < -0.4 is 0 Å². The van der Waals surface area contributed by atoms with E-state index in [2.05, 4.69) is 78.0 Å². The van der Waals surface area contributed by atoms with Crippen molar-refractivity contribution < 1.29 is 17.5 Å². The third-order valence-electron chi connectivity index (χ3n) is 4.23. The lowest BCUT2D eigenvalue weighted by Crippen LogP contribution is -2.19. The number of hydrogen-bond acceptors (Lipinski definition) is 2. The Morgan fingerprint density at radius 1 is 1.12 bits per heavy atom. The van der Waals surface area contributed by atoms with Gasteiger partial charge in [0, 0.05) is 0 Å². The highest BCUT2D eigenvalue weighted by Crippen LogP contribution is 2.40. The smallest absolute Gasteiger partial charge is 0.264 e. The molecule has 4 nitrogen and oxygen atoms in total. The molecule has 0 spiro atoms. The third-order valence-corrected chi connectivity index (χ3v) is 4.23. The van der Waals surface area contributed by atoms with Crippen LogP contribution in [0.3, 0.4) is 0 Å². The highest BCUT2D eigenvalue weighted by molar-refractivity contribution is 7.79. The van der Waals surface area contributed by atoms with Gasteiger partial charge in [-0.15, -0.1) is 0 Å². The fourth-order valence-electron chi connectivity index (χ4n) is 2.73. The minimum atomic E-state index is -4.67. The van der Waals surface area contributed by atoms with Crippen molar-refractivity contribution in [2.24, 2.45) is 5.41 Å². The van der Waals surface area contributed by atoms with Crippen molar-refractivity contribution in [1.82, 2.24) is 0 Å². The first-order valence-corrected chi connectivity index (χ1v) is 9.82. The van der Waals surface area contributed by atoms with Gasteiger partial charge in [-0.2, -0.15) is 8.42 Å². The van der Waals surface area contributed by atoms with E-state index in [0.717, 1.165) is 0 Å². The molecular weight excluding hydrogens is 336 g/mol. The molecule has 142 valence electrons. The normalized spacial score (nSPS) is 19.4. The highest BCUT2D eigenvalue weighted by atomic mass is 32.3. The molecule has 1 aliphatic rings. The summed E-state index contributed by atoms with van der Waals surface area (Å²) in [6, 6.07) is 0. The molecule has 0 aromatic heterocycles. The Morgan fingerprint density at radius 3 is 2.16 bits per heavy atom. The minimum Gasteiger partial charge on any atom is -0.264 e. The van der Waals surface area contributed by atoms with E-state index in [1.165, 1.54) is 36.0 Å². The lowest BCUT2D eigenvalue weighted by molar-refractivity contribution is 0.376. The summed E-state index contributed by atoms with van der Waals surface area (Å²) in [6.07, 6.45) is 17.0. The fraction of sp³-hybridized carbons (Fsp3) is 0.500. The molecule has 0 bridgehead atoms. The first-order chi connectivity index (χ1) is 11.4. The molecule has 2 N–H and O–H groups in total. The topological polar surface area (TPSA) is 74.6 Å². The first-order valence-electron chi connectivity index (χ1n) is 8.43. The Morgan fingerprint density at radius 2 is 1.68 bits per heavy atom. The zero-order valence-electron chi connectivity index (χ0n) is 16.2. The lowest BCUT2D eigenvalue weighted by atomic mass is 9.72. The molecular formula is C20H32O4S. The largest absolute Gasteiger partial charge is 0.394 e. The summed E-state index contributed by atoms with van der Waals surface area (Å²) in [5.74, 6) is 0. The van der Waals surface area contributed by atoms with Crippen LogP contribution in [0.5, 0.6) is 0 Å². The number of rotatable bonds is 4. The van der Waals surface area contributed by atoms with Crippen molar-refractivity contribution in [3.63, 3.8) is 0 Å². The summed E-state index contributed by atoms with van der Waals surface area (Å²) in [7, 11) is -4.67. The monoisotopic (exact) mass is 368 g/mol. The maximum Gasteiger partial charge on any atom is 0.394 e. The van der Waals surface area contributed by atoms with Gasteiger partial charge in [-0.25, -0.2) is 0 Å². The number of allylic oxidation sites excluding steroid dienone is 10. The Hall–Kier alpha value is -1.43. The van der Waals surface area contributed by atoms with Gasteiger partial charge in [-0.3, -0.25) is 9.11 Å². The van der Waals surface area contributed by atoms with Gasteiger partial charge in [0.25, 0.3) is 0 Å². The standard InChI is InChI=1S/C20H30.H2O4S/c1-7-16(2)10-8-11-17(3)13-14-19-18(4)12-9-15-20(19,5)6;1-5(2,3)4/h7-8,10-11,13-14H,9,12,15H2,1-6H3;(H2,1,2,3,4)/b10-8+,14-13+,16-7+,17-11+;. The molecule has 0 saturated heterocycles. The van der Waals surface area contributed by atoms with E-state index in [0.29, 0.717) is 5.41 Å². The Balaban J connectivity index is 0.00000101. The number of hydrogen-bond donors (Lipinski definition) is 2. The Bertz CT molecular complexity index is 679. The van der Waals surface area contributed by atoms with Crippen molar-refractivity contribution in [3.8, 4) is 0 Å².